The summed E-state index contributed by atoms with van der Waals surface area (Å²) in [4.78, 5) is 0. The second-order valence-electron chi connectivity index (χ2n) is 4.68. The number of hydrogen-bond acceptors (Lipinski definition) is 0. The van der Waals surface area contributed by atoms with Crippen molar-refractivity contribution in [3.63, 3.8) is 0 Å². The fourth-order valence-corrected chi connectivity index (χ4v) is 3.14. The van der Waals surface area contributed by atoms with E-state index in [4.69, 9.17) is 0 Å². The molecule has 0 amide bonds. The van der Waals surface area contributed by atoms with E-state index in [1.54, 1.807) is 38.5 Å². The summed E-state index contributed by atoms with van der Waals surface area (Å²) < 4.78 is 0. The molecule has 4 fully saturated rings. The minimum atomic E-state index is 1.19. The van der Waals surface area contributed by atoms with Gasteiger partial charge in [-0.1, -0.05) is 12.8 Å². The van der Waals surface area contributed by atoms with Crippen molar-refractivity contribution in [3.05, 3.63) is 0 Å². The molecular formula is C10H16. The first kappa shape index (κ1) is 5.62. The first-order valence-electron chi connectivity index (χ1n) is 4.93. The quantitative estimate of drug-likeness (QED) is 0.547. The van der Waals surface area contributed by atoms with Crippen LogP contribution < -0.4 is 0 Å². The molecule has 0 heteroatoms. The molecule has 0 aromatic heterocycles. The summed E-state index contributed by atoms with van der Waals surface area (Å²) in [6.07, 6.45) is 9.53. The van der Waals surface area contributed by atoms with Crippen LogP contribution in [0.5, 0.6) is 0 Å². The highest BCUT2D eigenvalue weighted by Crippen LogP contribution is 2.57. The molecule has 0 radical (unpaired) electrons. The summed E-state index contributed by atoms with van der Waals surface area (Å²) in [5.41, 5.74) is 0. The van der Waals surface area contributed by atoms with E-state index in [-0.39, 0.29) is 0 Å². The zero-order valence-electron chi connectivity index (χ0n) is 6.55. The van der Waals surface area contributed by atoms with Crippen LogP contribution in [0, 0.1) is 23.7 Å². The second-order valence-corrected chi connectivity index (χ2v) is 4.68. The van der Waals surface area contributed by atoms with E-state index in [1.165, 1.54) is 23.7 Å². The summed E-state index contributed by atoms with van der Waals surface area (Å²) in [5.74, 6) is 4.80. The smallest absolute Gasteiger partial charge is 0.0355 e. The van der Waals surface area contributed by atoms with Crippen LogP contribution in [0.3, 0.4) is 0 Å². The summed E-state index contributed by atoms with van der Waals surface area (Å²) in [6.45, 7) is 0. The molecule has 2 atom stereocenters. The maximum atomic E-state index is 1.62. The van der Waals surface area contributed by atoms with Gasteiger partial charge in [-0.15, -0.1) is 0 Å². The lowest BCUT2D eigenvalue weighted by molar-refractivity contribution is 0.138. The van der Waals surface area contributed by atoms with Gasteiger partial charge in [-0.05, 0) is 49.4 Å². The minimum absolute atomic E-state index is 1.19. The third kappa shape index (κ3) is 0.681. The molecule has 0 aromatic carbocycles. The van der Waals surface area contributed by atoms with Crippen molar-refractivity contribution in [1.82, 2.24) is 0 Å². The van der Waals surface area contributed by atoms with E-state index < -0.39 is 0 Å². The van der Waals surface area contributed by atoms with Gasteiger partial charge in [0.25, 0.3) is 0 Å². The average molecular weight is 136 g/mol. The molecule has 0 heterocycles. The molecule has 0 N–H and O–H groups in total. The lowest BCUT2D eigenvalue weighted by Crippen LogP contribution is -2.27. The van der Waals surface area contributed by atoms with Gasteiger partial charge in [-0.3, -0.25) is 0 Å². The summed E-state index contributed by atoms with van der Waals surface area (Å²) >= 11 is 0. The van der Waals surface area contributed by atoms with Crippen molar-refractivity contribution in [2.45, 2.75) is 38.5 Å². The van der Waals surface area contributed by atoms with E-state index in [9.17, 15) is 0 Å². The number of rotatable bonds is 2. The molecule has 0 aromatic rings. The number of hydrogen-bond donors (Lipinski definition) is 0. The fraction of sp³-hybridized carbons (Fsp3) is 1.00. The largest absolute Gasteiger partial charge is 0.0502 e. The number of fused-ring (bicyclic) bond motifs is 1. The third-order valence-electron chi connectivity index (χ3n) is 4.03. The van der Waals surface area contributed by atoms with Crippen LogP contribution in [-0.2, 0) is 0 Å². The Morgan fingerprint density at radius 3 is 2.10 bits per heavy atom. The predicted molar refractivity (Wildman–Crippen MR) is 41.7 cm³/mol. The van der Waals surface area contributed by atoms with Crippen molar-refractivity contribution in [2.24, 2.45) is 23.7 Å². The predicted octanol–water partition coefficient (Wildman–Crippen LogP) is 2.83. The van der Waals surface area contributed by atoms with Crippen molar-refractivity contribution in [1.29, 1.82) is 0 Å². The van der Waals surface area contributed by atoms with E-state index in [1.807, 2.05) is 0 Å². The molecule has 4 aliphatic carbocycles. The third-order valence-corrected chi connectivity index (χ3v) is 4.03. The van der Waals surface area contributed by atoms with Crippen LogP contribution >= 0.6 is 0 Å². The van der Waals surface area contributed by atoms with Gasteiger partial charge in [0.2, 0.25) is 0 Å². The van der Waals surface area contributed by atoms with E-state index in [0.29, 0.717) is 0 Å². The van der Waals surface area contributed by atoms with Crippen LogP contribution in [-0.4, -0.2) is 0 Å². The van der Waals surface area contributed by atoms with Crippen LogP contribution in [0.4, 0.5) is 0 Å². The van der Waals surface area contributed by atoms with E-state index >= 15 is 0 Å². The van der Waals surface area contributed by atoms with Gasteiger partial charge in [-0.25, -0.2) is 0 Å². The Labute approximate surface area is 63.0 Å². The van der Waals surface area contributed by atoms with Crippen LogP contribution in [0.2, 0.25) is 0 Å². The molecule has 0 aliphatic heterocycles. The molecule has 0 saturated heterocycles. The molecule has 4 saturated carbocycles. The Kier molecular flexibility index (Phi) is 1.00. The Balaban J connectivity index is 1.62. The van der Waals surface area contributed by atoms with Gasteiger partial charge in [0.1, 0.15) is 0 Å². The molecule has 4 aliphatic rings. The Morgan fingerprint density at radius 1 is 0.900 bits per heavy atom. The maximum Gasteiger partial charge on any atom is -0.0355 e. The molecule has 56 valence electrons. The molecule has 2 bridgehead atoms. The highest BCUT2D eigenvalue weighted by Gasteiger charge is 2.47. The zero-order valence-corrected chi connectivity index (χ0v) is 6.55. The Morgan fingerprint density at radius 2 is 1.60 bits per heavy atom. The van der Waals surface area contributed by atoms with Crippen molar-refractivity contribution in [3.8, 4) is 0 Å². The first-order valence-corrected chi connectivity index (χ1v) is 4.93. The van der Waals surface area contributed by atoms with Crippen LogP contribution in [0.25, 0.3) is 0 Å². The van der Waals surface area contributed by atoms with Gasteiger partial charge >= 0.3 is 0 Å². The van der Waals surface area contributed by atoms with Crippen molar-refractivity contribution < 1.29 is 0 Å². The lowest BCUT2D eigenvalue weighted by atomic mass is 9.70. The lowest BCUT2D eigenvalue weighted by Gasteiger charge is -2.35. The van der Waals surface area contributed by atoms with Crippen molar-refractivity contribution >= 4 is 0 Å². The SMILES string of the molecule is C1CC1CC1C2CCC1C2. The Hall–Kier alpha value is 0. The van der Waals surface area contributed by atoms with Gasteiger partial charge in [0.15, 0.2) is 0 Å². The van der Waals surface area contributed by atoms with Gasteiger partial charge in [0.05, 0.1) is 0 Å². The summed E-state index contributed by atoms with van der Waals surface area (Å²) in [6, 6.07) is 0. The minimum Gasteiger partial charge on any atom is -0.0502 e. The summed E-state index contributed by atoms with van der Waals surface area (Å²) in [5, 5.41) is 0. The molecule has 10 heavy (non-hydrogen) atoms. The standard InChI is InChI=1S/C10H16/c1-2-7(1)5-10-8-3-4-9(10)6-8/h7-10H,1-6H2. The molecule has 0 nitrogen and oxygen atoms in total. The average Bonchev–Trinajstić information content (AvgIpc) is 2.45. The highest BCUT2D eigenvalue weighted by atomic mass is 14.5. The molecule has 0 spiro atoms. The second kappa shape index (κ2) is 1.78. The topological polar surface area (TPSA) is 0 Å². The summed E-state index contributed by atoms with van der Waals surface area (Å²) in [7, 11) is 0. The van der Waals surface area contributed by atoms with Crippen LogP contribution in [0.15, 0.2) is 0 Å². The zero-order chi connectivity index (χ0) is 6.55. The molecule has 4 rings (SSSR count). The fourth-order valence-electron chi connectivity index (χ4n) is 3.14. The molecule has 2 unspecified atom stereocenters. The maximum absolute atomic E-state index is 1.62. The van der Waals surface area contributed by atoms with Gasteiger partial charge in [-0.2, -0.15) is 0 Å². The molecular weight excluding hydrogens is 120 g/mol. The van der Waals surface area contributed by atoms with Gasteiger partial charge < -0.3 is 0 Å². The van der Waals surface area contributed by atoms with Crippen LogP contribution in [0.1, 0.15) is 38.5 Å². The highest BCUT2D eigenvalue weighted by molar-refractivity contribution is 4.97. The first-order chi connectivity index (χ1) is 4.93. The van der Waals surface area contributed by atoms with E-state index in [0.717, 1.165) is 0 Å². The normalized spacial score (nSPS) is 51.0. The monoisotopic (exact) mass is 136 g/mol. The van der Waals surface area contributed by atoms with Crippen molar-refractivity contribution in [2.75, 3.05) is 0 Å². The van der Waals surface area contributed by atoms with Gasteiger partial charge in [0, 0.05) is 0 Å². The Bertz CT molecular complexity index is 132. The van der Waals surface area contributed by atoms with E-state index in [2.05, 4.69) is 0 Å².